The monoisotopic (exact) mass is 325 g/mol. The molecule has 0 radical (unpaired) electrons. The average Bonchev–Trinajstić information content (AvgIpc) is 3.16. The van der Waals surface area contributed by atoms with E-state index < -0.39 is 0 Å². The third-order valence-corrected chi connectivity index (χ3v) is 5.15. The molecule has 3 heterocycles. The van der Waals surface area contributed by atoms with E-state index in [-0.39, 0.29) is 29.7 Å². The summed E-state index contributed by atoms with van der Waals surface area (Å²) in [4.78, 5) is 5.61. The molecule has 0 unspecified atom stereocenters. The van der Waals surface area contributed by atoms with Crippen LogP contribution < -0.4 is 0 Å². The van der Waals surface area contributed by atoms with Crippen molar-refractivity contribution in [1.82, 2.24) is 0 Å². The van der Waals surface area contributed by atoms with E-state index >= 15 is 0 Å². The maximum atomic E-state index is 6.24. The molecule has 6 heteroatoms. The second-order valence-electron chi connectivity index (χ2n) is 7.99. The Morgan fingerprint density at radius 1 is 1.00 bits per heavy atom. The molecule has 0 bridgehead atoms. The molecule has 1 spiro atoms. The highest BCUT2D eigenvalue weighted by atomic mass is 16.8. The Morgan fingerprint density at radius 3 is 2.48 bits per heavy atom. The number of rotatable bonds is 2. The van der Waals surface area contributed by atoms with Crippen molar-refractivity contribution >= 4 is 5.71 Å². The lowest BCUT2D eigenvalue weighted by Crippen LogP contribution is -2.42. The van der Waals surface area contributed by atoms with Crippen LogP contribution in [0.2, 0.25) is 0 Å². The topological polar surface area (TPSA) is 58.5 Å². The summed E-state index contributed by atoms with van der Waals surface area (Å²) in [6.45, 7) is 6.20. The van der Waals surface area contributed by atoms with Crippen LogP contribution in [0.25, 0.3) is 0 Å². The molecular weight excluding hydrogens is 298 g/mol. The van der Waals surface area contributed by atoms with Crippen LogP contribution in [0.5, 0.6) is 0 Å². The van der Waals surface area contributed by atoms with Crippen LogP contribution in [0.15, 0.2) is 5.16 Å². The fraction of sp³-hybridized carbons (Fsp3) is 0.941. The molecule has 6 nitrogen and oxygen atoms in total. The van der Waals surface area contributed by atoms with Crippen molar-refractivity contribution in [1.29, 1.82) is 0 Å². The van der Waals surface area contributed by atoms with Crippen LogP contribution in [0.3, 0.4) is 0 Å². The molecular formula is C17H27NO5. The first-order valence-corrected chi connectivity index (χ1v) is 8.83. The number of ether oxygens (including phenoxy) is 4. The standard InChI is InChI=1S/C17H27NO5/c1-16(2)10-19-15(20-11-16)12-8-13(23-18-12)14-9-21-17(22-14)6-4-3-5-7-17/h13-15H,3-11H2,1-2H3/t13-,14+/m0/s1. The van der Waals surface area contributed by atoms with Gasteiger partial charge in [0.15, 0.2) is 11.9 Å². The first-order chi connectivity index (χ1) is 11.1. The van der Waals surface area contributed by atoms with Gasteiger partial charge in [-0.25, -0.2) is 0 Å². The van der Waals surface area contributed by atoms with Gasteiger partial charge in [0, 0.05) is 24.7 Å². The Morgan fingerprint density at radius 2 is 1.74 bits per heavy atom. The maximum absolute atomic E-state index is 6.24. The van der Waals surface area contributed by atoms with E-state index in [0.717, 1.165) is 18.6 Å². The SMILES string of the molecule is CC1(C)COC(C2=NO[C@H]([C@H]3COC4(CCCCC4)O3)C2)OC1. The molecule has 2 saturated heterocycles. The fourth-order valence-electron chi connectivity index (χ4n) is 3.75. The molecule has 3 aliphatic heterocycles. The van der Waals surface area contributed by atoms with Gasteiger partial charge in [0.05, 0.1) is 19.8 Å². The fourth-order valence-corrected chi connectivity index (χ4v) is 3.75. The van der Waals surface area contributed by atoms with Crippen molar-refractivity contribution in [2.24, 2.45) is 10.6 Å². The molecule has 23 heavy (non-hydrogen) atoms. The van der Waals surface area contributed by atoms with Crippen molar-refractivity contribution in [3.63, 3.8) is 0 Å². The normalized spacial score (nSPS) is 36.9. The summed E-state index contributed by atoms with van der Waals surface area (Å²) in [6, 6.07) is 0. The Hall–Kier alpha value is -0.690. The van der Waals surface area contributed by atoms with E-state index in [0.29, 0.717) is 26.2 Å². The zero-order valence-electron chi connectivity index (χ0n) is 14.1. The quantitative estimate of drug-likeness (QED) is 0.781. The molecule has 0 aromatic carbocycles. The summed E-state index contributed by atoms with van der Waals surface area (Å²) >= 11 is 0. The van der Waals surface area contributed by atoms with Gasteiger partial charge in [-0.3, -0.25) is 0 Å². The molecule has 0 aromatic heterocycles. The molecule has 0 amide bonds. The minimum absolute atomic E-state index is 0.0469. The van der Waals surface area contributed by atoms with Crippen LogP contribution in [0.1, 0.15) is 52.4 Å². The second-order valence-corrected chi connectivity index (χ2v) is 7.99. The number of hydrogen-bond donors (Lipinski definition) is 0. The van der Waals surface area contributed by atoms with E-state index in [9.17, 15) is 0 Å². The van der Waals surface area contributed by atoms with Gasteiger partial charge in [0.2, 0.25) is 6.29 Å². The third-order valence-electron chi connectivity index (χ3n) is 5.15. The lowest BCUT2D eigenvalue weighted by atomic mass is 9.94. The van der Waals surface area contributed by atoms with Crippen LogP contribution >= 0.6 is 0 Å². The highest BCUT2D eigenvalue weighted by Crippen LogP contribution is 2.40. The largest absolute Gasteiger partial charge is 0.389 e. The van der Waals surface area contributed by atoms with E-state index in [1.807, 2.05) is 0 Å². The molecule has 4 aliphatic rings. The Kier molecular flexibility index (Phi) is 4.12. The van der Waals surface area contributed by atoms with Gasteiger partial charge in [-0.1, -0.05) is 25.4 Å². The summed E-state index contributed by atoms with van der Waals surface area (Å²) in [7, 11) is 0. The van der Waals surface area contributed by atoms with E-state index in [2.05, 4.69) is 19.0 Å². The molecule has 1 saturated carbocycles. The summed E-state index contributed by atoms with van der Waals surface area (Å²) in [6.07, 6.45) is 5.80. The molecule has 0 N–H and O–H groups in total. The first-order valence-electron chi connectivity index (χ1n) is 8.83. The summed E-state index contributed by atoms with van der Waals surface area (Å²) in [5, 5.41) is 4.20. The van der Waals surface area contributed by atoms with Gasteiger partial charge in [0.1, 0.15) is 11.8 Å². The van der Waals surface area contributed by atoms with Gasteiger partial charge in [-0.2, -0.15) is 0 Å². The van der Waals surface area contributed by atoms with Crippen molar-refractivity contribution < 1.29 is 23.8 Å². The average molecular weight is 325 g/mol. The zero-order valence-corrected chi connectivity index (χ0v) is 14.1. The molecule has 3 fully saturated rings. The van der Waals surface area contributed by atoms with Gasteiger partial charge < -0.3 is 23.8 Å². The maximum Gasteiger partial charge on any atom is 0.200 e. The van der Waals surface area contributed by atoms with Crippen LogP contribution in [-0.2, 0) is 23.8 Å². The predicted octanol–water partition coefficient (Wildman–Crippen LogP) is 2.61. The number of oxime groups is 1. The minimum atomic E-state index is -0.376. The van der Waals surface area contributed by atoms with E-state index in [1.54, 1.807) is 0 Å². The highest BCUT2D eigenvalue weighted by Gasteiger charge is 2.47. The summed E-state index contributed by atoms with van der Waals surface area (Å²) < 4.78 is 23.8. The van der Waals surface area contributed by atoms with Gasteiger partial charge in [-0.15, -0.1) is 0 Å². The molecule has 1 aliphatic carbocycles. The van der Waals surface area contributed by atoms with E-state index in [4.69, 9.17) is 23.8 Å². The van der Waals surface area contributed by atoms with Gasteiger partial charge in [0.25, 0.3) is 0 Å². The molecule has 4 rings (SSSR count). The summed E-state index contributed by atoms with van der Waals surface area (Å²) in [5.74, 6) is -0.364. The van der Waals surface area contributed by atoms with Crippen molar-refractivity contribution in [2.75, 3.05) is 19.8 Å². The van der Waals surface area contributed by atoms with Crippen molar-refractivity contribution in [3.05, 3.63) is 0 Å². The molecule has 130 valence electrons. The van der Waals surface area contributed by atoms with Crippen molar-refractivity contribution in [3.8, 4) is 0 Å². The Labute approximate surface area is 137 Å². The van der Waals surface area contributed by atoms with Gasteiger partial charge in [-0.05, 0) is 12.8 Å². The van der Waals surface area contributed by atoms with Crippen LogP contribution in [0, 0.1) is 5.41 Å². The first kappa shape index (κ1) is 15.8. The Bertz CT molecular complexity index is 462. The lowest BCUT2D eigenvalue weighted by Gasteiger charge is -2.34. The minimum Gasteiger partial charge on any atom is -0.389 e. The Balaban J connectivity index is 1.30. The summed E-state index contributed by atoms with van der Waals surface area (Å²) in [5.41, 5.74) is 0.893. The lowest BCUT2D eigenvalue weighted by molar-refractivity contribution is -0.197. The third kappa shape index (κ3) is 3.27. The second kappa shape index (κ2) is 5.99. The zero-order chi connectivity index (χ0) is 15.9. The van der Waals surface area contributed by atoms with Gasteiger partial charge >= 0.3 is 0 Å². The molecule has 0 aromatic rings. The van der Waals surface area contributed by atoms with Crippen molar-refractivity contribution in [2.45, 2.75) is 76.7 Å². The number of hydrogen-bond acceptors (Lipinski definition) is 6. The predicted molar refractivity (Wildman–Crippen MR) is 83.0 cm³/mol. The number of nitrogens with zero attached hydrogens (tertiary/aromatic N) is 1. The van der Waals surface area contributed by atoms with Crippen LogP contribution in [-0.4, -0.2) is 49.8 Å². The van der Waals surface area contributed by atoms with E-state index in [1.165, 1.54) is 19.3 Å². The van der Waals surface area contributed by atoms with Crippen LogP contribution in [0.4, 0.5) is 0 Å². The highest BCUT2D eigenvalue weighted by molar-refractivity contribution is 5.88. The molecule has 2 atom stereocenters. The smallest absolute Gasteiger partial charge is 0.200 e.